The fourth-order valence-corrected chi connectivity index (χ4v) is 5.65. The molecule has 0 bridgehead atoms. The van der Waals surface area contributed by atoms with Crippen molar-refractivity contribution in [3.05, 3.63) is 118 Å². The van der Waals surface area contributed by atoms with E-state index in [0.717, 1.165) is 61.5 Å². The van der Waals surface area contributed by atoms with E-state index < -0.39 is 0 Å². The topological polar surface area (TPSA) is 52.0 Å². The van der Waals surface area contributed by atoms with E-state index in [4.69, 9.17) is 14.7 Å². The Kier molecular flexibility index (Phi) is 7.16. The van der Waals surface area contributed by atoms with Crippen LogP contribution < -0.4 is 5.32 Å². The predicted molar refractivity (Wildman–Crippen MR) is 159 cm³/mol. The highest BCUT2D eigenvalue weighted by atomic mass is 16.5. The van der Waals surface area contributed by atoms with Gasteiger partial charge in [-0.05, 0) is 84.7 Å². The lowest BCUT2D eigenvalue weighted by molar-refractivity contribution is 0.124. The van der Waals surface area contributed by atoms with Crippen LogP contribution in [0.4, 0.5) is 11.4 Å². The maximum Gasteiger partial charge on any atom is 0.160 e. The fourth-order valence-electron chi connectivity index (χ4n) is 5.65. The van der Waals surface area contributed by atoms with Gasteiger partial charge in [-0.15, -0.1) is 0 Å². The van der Waals surface area contributed by atoms with E-state index in [1.165, 1.54) is 44.8 Å². The van der Waals surface area contributed by atoms with Gasteiger partial charge in [-0.1, -0.05) is 61.5 Å². The molecule has 5 aromatic rings. The summed E-state index contributed by atoms with van der Waals surface area (Å²) in [6.45, 7) is 8.50. The van der Waals surface area contributed by atoms with Crippen LogP contribution in [0.1, 0.15) is 51.8 Å². The summed E-state index contributed by atoms with van der Waals surface area (Å²) in [5.74, 6) is 1.09. The number of nitrogens with zero attached hydrogens (tertiary/aromatic N) is 3. The third kappa shape index (κ3) is 5.45. The standard InChI is InChI=1S/C34H36N4O/c1-4-32-37-33-23(2)18-24(3)35-34(33)38(32)21-26-10-14-30-28(19-26)12-13-29-20-27(11-15-31(29)36-30)22-39-17-16-25-8-6-5-7-9-25/h5-11,14-15,18-20,36H,4,12-13,16-17,21-22H2,1-3H3. The van der Waals surface area contributed by atoms with Crippen molar-refractivity contribution < 1.29 is 4.74 Å². The molecule has 5 heteroatoms. The number of aryl methyl sites for hydroxylation is 5. The van der Waals surface area contributed by atoms with Crippen molar-refractivity contribution >= 4 is 22.5 Å². The van der Waals surface area contributed by atoms with E-state index in [1.807, 2.05) is 0 Å². The van der Waals surface area contributed by atoms with E-state index >= 15 is 0 Å². The minimum absolute atomic E-state index is 0.642. The molecule has 2 aromatic heterocycles. The van der Waals surface area contributed by atoms with E-state index in [-0.39, 0.29) is 0 Å². The second-order valence-electron chi connectivity index (χ2n) is 10.6. The second kappa shape index (κ2) is 11.0. The Morgan fingerprint density at radius 3 is 2.28 bits per heavy atom. The maximum absolute atomic E-state index is 6.00. The zero-order valence-corrected chi connectivity index (χ0v) is 23.1. The van der Waals surface area contributed by atoms with Crippen molar-refractivity contribution in [1.29, 1.82) is 0 Å². The summed E-state index contributed by atoms with van der Waals surface area (Å²) >= 11 is 0. The Labute approximate surface area is 230 Å². The number of fused-ring (bicyclic) bond motifs is 3. The quantitative estimate of drug-likeness (QED) is 0.221. The number of aromatic nitrogens is 3. The lowest BCUT2D eigenvalue weighted by atomic mass is 10.0. The number of benzene rings is 3. The average Bonchev–Trinajstić information content (AvgIpc) is 3.18. The number of rotatable bonds is 8. The molecule has 1 N–H and O–H groups in total. The van der Waals surface area contributed by atoms with Crippen molar-refractivity contribution in [2.24, 2.45) is 0 Å². The first-order valence-corrected chi connectivity index (χ1v) is 14.0. The number of imidazole rings is 1. The molecule has 1 aliphatic rings. The molecule has 0 radical (unpaired) electrons. The molecule has 5 nitrogen and oxygen atoms in total. The van der Waals surface area contributed by atoms with Crippen molar-refractivity contribution in [3.63, 3.8) is 0 Å². The van der Waals surface area contributed by atoms with Crippen LogP contribution in [0.2, 0.25) is 0 Å². The molecule has 39 heavy (non-hydrogen) atoms. The highest BCUT2D eigenvalue weighted by Crippen LogP contribution is 2.32. The number of pyridine rings is 1. The SMILES string of the molecule is CCc1nc2c(C)cc(C)nc2n1Cc1ccc2c(c1)CCc1cc(COCCc3ccccc3)ccc1N2. The molecule has 0 atom stereocenters. The summed E-state index contributed by atoms with van der Waals surface area (Å²) in [5, 5.41) is 3.70. The maximum atomic E-state index is 6.00. The van der Waals surface area contributed by atoms with Gasteiger partial charge in [0.15, 0.2) is 5.65 Å². The number of hydrogen-bond acceptors (Lipinski definition) is 4. The molecule has 0 aliphatic carbocycles. The summed E-state index contributed by atoms with van der Waals surface area (Å²) in [6.07, 6.45) is 3.83. The second-order valence-corrected chi connectivity index (χ2v) is 10.6. The van der Waals surface area contributed by atoms with Crippen LogP contribution in [0.5, 0.6) is 0 Å². The molecule has 0 amide bonds. The molecule has 0 spiro atoms. The van der Waals surface area contributed by atoms with Gasteiger partial charge < -0.3 is 14.6 Å². The number of nitrogens with one attached hydrogen (secondary N) is 1. The minimum atomic E-state index is 0.642. The molecule has 198 valence electrons. The highest BCUT2D eigenvalue weighted by molar-refractivity contribution is 5.76. The van der Waals surface area contributed by atoms with E-state index in [2.05, 4.69) is 103 Å². The van der Waals surface area contributed by atoms with Crippen LogP contribution >= 0.6 is 0 Å². The first-order valence-electron chi connectivity index (χ1n) is 14.0. The van der Waals surface area contributed by atoms with E-state index in [0.29, 0.717) is 6.61 Å². The largest absolute Gasteiger partial charge is 0.376 e. The van der Waals surface area contributed by atoms with Crippen molar-refractivity contribution in [2.75, 3.05) is 11.9 Å². The average molecular weight is 517 g/mol. The van der Waals surface area contributed by atoms with Gasteiger partial charge in [-0.2, -0.15) is 0 Å². The van der Waals surface area contributed by atoms with E-state index in [9.17, 15) is 0 Å². The van der Waals surface area contributed by atoms with Crippen LogP contribution in [-0.2, 0) is 43.6 Å². The Morgan fingerprint density at radius 1 is 0.821 bits per heavy atom. The van der Waals surface area contributed by atoms with Crippen LogP contribution in [0.15, 0.2) is 72.8 Å². The summed E-state index contributed by atoms with van der Waals surface area (Å²) in [6, 6.07) is 26.1. The molecular formula is C34H36N4O. The van der Waals surface area contributed by atoms with Crippen molar-refractivity contribution in [3.8, 4) is 0 Å². The van der Waals surface area contributed by atoms with Crippen LogP contribution in [0.25, 0.3) is 11.2 Å². The van der Waals surface area contributed by atoms with Gasteiger partial charge in [0, 0.05) is 23.5 Å². The van der Waals surface area contributed by atoms with Crippen LogP contribution in [-0.4, -0.2) is 21.1 Å². The first-order chi connectivity index (χ1) is 19.1. The normalized spacial score (nSPS) is 12.6. The monoisotopic (exact) mass is 516 g/mol. The van der Waals surface area contributed by atoms with Crippen molar-refractivity contribution in [1.82, 2.24) is 14.5 Å². The third-order valence-electron chi connectivity index (χ3n) is 7.68. The van der Waals surface area contributed by atoms with Crippen LogP contribution in [0.3, 0.4) is 0 Å². The molecule has 3 heterocycles. The van der Waals surface area contributed by atoms with Crippen molar-refractivity contribution in [2.45, 2.75) is 59.6 Å². The van der Waals surface area contributed by atoms with Gasteiger partial charge in [0.25, 0.3) is 0 Å². The van der Waals surface area contributed by atoms with Gasteiger partial charge in [0.2, 0.25) is 0 Å². The predicted octanol–water partition coefficient (Wildman–Crippen LogP) is 7.26. The number of ether oxygens (including phenoxy) is 1. The lowest BCUT2D eigenvalue weighted by Crippen LogP contribution is -2.06. The number of anilines is 2. The summed E-state index contributed by atoms with van der Waals surface area (Å²) in [4.78, 5) is 9.78. The van der Waals surface area contributed by atoms with E-state index in [1.54, 1.807) is 0 Å². The molecule has 3 aromatic carbocycles. The molecular weight excluding hydrogens is 480 g/mol. The van der Waals surface area contributed by atoms with Gasteiger partial charge in [0.05, 0.1) is 19.8 Å². The Morgan fingerprint density at radius 2 is 1.54 bits per heavy atom. The lowest BCUT2D eigenvalue weighted by Gasteiger charge is -2.13. The zero-order valence-electron chi connectivity index (χ0n) is 23.1. The Bertz CT molecular complexity index is 1620. The smallest absolute Gasteiger partial charge is 0.160 e. The first kappa shape index (κ1) is 25.3. The number of hydrogen-bond donors (Lipinski definition) is 1. The van der Waals surface area contributed by atoms with Gasteiger partial charge >= 0.3 is 0 Å². The summed E-state index contributed by atoms with van der Waals surface area (Å²) < 4.78 is 8.30. The minimum Gasteiger partial charge on any atom is -0.376 e. The molecule has 6 rings (SSSR count). The Hall–Kier alpha value is -3.96. The summed E-state index contributed by atoms with van der Waals surface area (Å²) in [5.41, 5.74) is 13.1. The van der Waals surface area contributed by atoms with Gasteiger partial charge in [-0.25, -0.2) is 9.97 Å². The molecule has 1 aliphatic heterocycles. The van der Waals surface area contributed by atoms with Crippen LogP contribution in [0, 0.1) is 13.8 Å². The van der Waals surface area contributed by atoms with Gasteiger partial charge in [0.1, 0.15) is 11.3 Å². The molecule has 0 fully saturated rings. The summed E-state index contributed by atoms with van der Waals surface area (Å²) in [7, 11) is 0. The van der Waals surface area contributed by atoms with Gasteiger partial charge in [-0.3, -0.25) is 0 Å². The fraction of sp³-hybridized carbons (Fsp3) is 0.294. The Balaban J connectivity index is 1.16. The third-order valence-corrected chi connectivity index (χ3v) is 7.68. The zero-order chi connectivity index (χ0) is 26.8. The molecule has 0 saturated carbocycles. The molecule has 0 saturated heterocycles. The molecule has 0 unspecified atom stereocenters. The highest BCUT2D eigenvalue weighted by Gasteiger charge is 2.17.